The summed E-state index contributed by atoms with van der Waals surface area (Å²) in [5.74, 6) is -0.645. The Hall–Kier alpha value is -3.48. The van der Waals surface area contributed by atoms with Gasteiger partial charge in [-0.05, 0) is 35.2 Å². The molecule has 32 heavy (non-hydrogen) atoms. The fraction of sp³-hybridized carbons (Fsp3) is 0.231. The molecule has 1 heterocycles. The highest BCUT2D eigenvalue weighted by atomic mass is 16.5. The van der Waals surface area contributed by atoms with Crippen molar-refractivity contribution in [3.05, 3.63) is 101 Å². The minimum absolute atomic E-state index is 0.0331. The van der Waals surface area contributed by atoms with E-state index < -0.39 is 12.0 Å². The Morgan fingerprint density at radius 3 is 2.34 bits per heavy atom. The zero-order valence-corrected chi connectivity index (χ0v) is 17.7. The van der Waals surface area contributed by atoms with Crippen LogP contribution in [0, 0.1) is 5.92 Å². The van der Waals surface area contributed by atoms with Crippen LogP contribution in [-0.2, 0) is 29.1 Å². The molecule has 0 amide bonds. The van der Waals surface area contributed by atoms with E-state index in [0.29, 0.717) is 24.1 Å². The molecule has 0 radical (unpaired) electrons. The maximum Gasteiger partial charge on any atom is 0.306 e. The molecule has 0 aliphatic heterocycles. The molecule has 1 unspecified atom stereocenters. The van der Waals surface area contributed by atoms with Gasteiger partial charge < -0.3 is 20.0 Å². The Balaban J connectivity index is 1.51. The summed E-state index contributed by atoms with van der Waals surface area (Å²) >= 11 is 0. The third-order valence-corrected chi connectivity index (χ3v) is 5.44. The van der Waals surface area contributed by atoms with Crippen molar-refractivity contribution in [2.45, 2.75) is 32.1 Å². The van der Waals surface area contributed by atoms with Gasteiger partial charge in [-0.25, -0.2) is 4.98 Å². The summed E-state index contributed by atoms with van der Waals surface area (Å²) in [6.07, 6.45) is -0.558. The summed E-state index contributed by atoms with van der Waals surface area (Å²) in [5.41, 5.74) is 9.87. The van der Waals surface area contributed by atoms with Crippen LogP contribution in [0.4, 0.5) is 0 Å². The van der Waals surface area contributed by atoms with Crippen LogP contribution < -0.4 is 5.73 Å². The van der Waals surface area contributed by atoms with Crippen LogP contribution in [0.25, 0.3) is 11.1 Å². The van der Waals surface area contributed by atoms with Crippen molar-refractivity contribution in [3.8, 4) is 0 Å². The fourth-order valence-electron chi connectivity index (χ4n) is 3.64. The first-order valence-corrected chi connectivity index (χ1v) is 10.6. The van der Waals surface area contributed by atoms with Gasteiger partial charge in [-0.15, -0.1) is 0 Å². The number of carbonyl (C=O) groups is 1. The van der Waals surface area contributed by atoms with E-state index in [9.17, 15) is 9.90 Å². The summed E-state index contributed by atoms with van der Waals surface area (Å²) in [5, 5.41) is 11.1. The molecule has 0 saturated carbocycles. The molecule has 0 bridgehead atoms. The molecule has 1 aromatic heterocycles. The van der Waals surface area contributed by atoms with Gasteiger partial charge in [0, 0.05) is 12.5 Å². The number of benzene rings is 3. The van der Waals surface area contributed by atoms with Crippen LogP contribution in [0.2, 0.25) is 0 Å². The van der Waals surface area contributed by atoms with Crippen molar-refractivity contribution in [1.82, 2.24) is 4.98 Å². The minimum atomic E-state index is -1.05. The highest BCUT2D eigenvalue weighted by Crippen LogP contribution is 2.30. The zero-order valence-electron chi connectivity index (χ0n) is 17.7. The maximum absolute atomic E-state index is 12.6. The number of aliphatic hydroxyl groups is 1. The molecular weight excluding hydrogens is 404 g/mol. The van der Waals surface area contributed by atoms with Crippen molar-refractivity contribution in [3.63, 3.8) is 0 Å². The summed E-state index contributed by atoms with van der Waals surface area (Å²) in [4.78, 5) is 17.0. The third kappa shape index (κ3) is 5.41. The summed E-state index contributed by atoms with van der Waals surface area (Å²) in [6.45, 7) is 0.650. The molecule has 0 spiro atoms. The lowest BCUT2D eigenvalue weighted by atomic mass is 9.90. The Bertz CT molecular complexity index is 1120. The molecular formula is C26H26N2O4. The SMILES string of the molecule is NCc1ccc(C[C@H](CC(=O)OCc2ccccc2)C(O)c2nc3ccccc3o2)cc1. The molecule has 6 heteroatoms. The smallest absolute Gasteiger partial charge is 0.306 e. The van der Waals surface area contributed by atoms with E-state index in [1.54, 1.807) is 6.07 Å². The average molecular weight is 431 g/mol. The molecule has 2 atom stereocenters. The predicted octanol–water partition coefficient (Wildman–Crippen LogP) is 4.31. The zero-order chi connectivity index (χ0) is 22.3. The van der Waals surface area contributed by atoms with E-state index in [0.717, 1.165) is 16.7 Å². The van der Waals surface area contributed by atoms with Gasteiger partial charge in [0.05, 0.1) is 6.42 Å². The largest absolute Gasteiger partial charge is 0.461 e. The van der Waals surface area contributed by atoms with Gasteiger partial charge >= 0.3 is 5.97 Å². The number of nitrogens with zero attached hydrogens (tertiary/aromatic N) is 1. The number of esters is 1. The number of aliphatic hydroxyl groups excluding tert-OH is 1. The number of nitrogens with two attached hydrogens (primary N) is 1. The molecule has 6 nitrogen and oxygen atoms in total. The van der Waals surface area contributed by atoms with Crippen molar-refractivity contribution in [2.24, 2.45) is 11.7 Å². The molecule has 0 fully saturated rings. The highest BCUT2D eigenvalue weighted by molar-refractivity contribution is 5.72. The monoisotopic (exact) mass is 430 g/mol. The van der Waals surface area contributed by atoms with E-state index in [2.05, 4.69) is 4.98 Å². The maximum atomic E-state index is 12.6. The first-order chi connectivity index (χ1) is 15.6. The molecule has 164 valence electrons. The molecule has 3 aromatic carbocycles. The third-order valence-electron chi connectivity index (χ3n) is 5.44. The van der Waals surface area contributed by atoms with Gasteiger partial charge in [-0.1, -0.05) is 66.7 Å². The van der Waals surface area contributed by atoms with Crippen LogP contribution in [0.5, 0.6) is 0 Å². The van der Waals surface area contributed by atoms with Gasteiger partial charge in [0.2, 0.25) is 5.89 Å². The number of rotatable bonds is 9. The first-order valence-electron chi connectivity index (χ1n) is 10.6. The Morgan fingerprint density at radius 2 is 1.62 bits per heavy atom. The lowest BCUT2D eigenvalue weighted by molar-refractivity contribution is -0.147. The number of hydrogen-bond acceptors (Lipinski definition) is 6. The Morgan fingerprint density at radius 1 is 0.938 bits per heavy atom. The van der Waals surface area contributed by atoms with Crippen molar-refractivity contribution >= 4 is 17.1 Å². The summed E-state index contributed by atoms with van der Waals surface area (Å²) in [7, 11) is 0. The lowest BCUT2D eigenvalue weighted by Gasteiger charge is -2.20. The van der Waals surface area contributed by atoms with Crippen LogP contribution in [0.3, 0.4) is 0 Å². The average Bonchev–Trinajstić information content (AvgIpc) is 3.27. The van der Waals surface area contributed by atoms with E-state index in [1.165, 1.54) is 0 Å². The summed E-state index contributed by atoms with van der Waals surface area (Å²) < 4.78 is 11.2. The van der Waals surface area contributed by atoms with E-state index in [4.69, 9.17) is 14.9 Å². The van der Waals surface area contributed by atoms with Crippen molar-refractivity contribution in [2.75, 3.05) is 0 Å². The van der Waals surface area contributed by atoms with Gasteiger partial charge in [-0.2, -0.15) is 0 Å². The van der Waals surface area contributed by atoms with Gasteiger partial charge in [0.25, 0.3) is 0 Å². The van der Waals surface area contributed by atoms with E-state index >= 15 is 0 Å². The topological polar surface area (TPSA) is 98.6 Å². The first kappa shape index (κ1) is 21.7. The number of ether oxygens (including phenoxy) is 1. The number of hydrogen-bond donors (Lipinski definition) is 2. The molecule has 0 saturated heterocycles. The number of para-hydroxylation sites is 2. The van der Waals surface area contributed by atoms with E-state index in [1.807, 2.05) is 72.8 Å². The van der Waals surface area contributed by atoms with Crippen LogP contribution in [-0.4, -0.2) is 16.1 Å². The number of carbonyl (C=O) groups excluding carboxylic acids is 1. The van der Waals surface area contributed by atoms with Gasteiger partial charge in [0.15, 0.2) is 5.58 Å². The highest BCUT2D eigenvalue weighted by Gasteiger charge is 2.29. The standard InChI is InChI=1S/C26H26N2O4/c27-16-19-12-10-18(11-13-19)14-21(15-24(29)31-17-20-6-2-1-3-7-20)25(30)26-28-22-8-4-5-9-23(22)32-26/h1-13,21,25,30H,14-17,27H2/t21-,25?/m1/s1. The van der Waals surface area contributed by atoms with Gasteiger partial charge in [-0.3, -0.25) is 4.79 Å². The molecule has 4 aromatic rings. The number of aromatic nitrogens is 1. The second-order valence-corrected chi connectivity index (χ2v) is 7.80. The molecule has 0 aliphatic rings. The normalized spacial score (nSPS) is 13.1. The molecule has 4 rings (SSSR count). The number of oxazole rings is 1. The van der Waals surface area contributed by atoms with Crippen LogP contribution >= 0.6 is 0 Å². The van der Waals surface area contributed by atoms with Crippen molar-refractivity contribution < 1.29 is 19.1 Å². The number of fused-ring (bicyclic) bond motifs is 1. The fourth-order valence-corrected chi connectivity index (χ4v) is 3.64. The van der Waals surface area contributed by atoms with Crippen molar-refractivity contribution in [1.29, 1.82) is 0 Å². The second kappa shape index (κ2) is 10.2. The quantitative estimate of drug-likeness (QED) is 0.384. The Labute approximate surface area is 186 Å². The minimum Gasteiger partial charge on any atom is -0.461 e. The molecule has 0 aliphatic carbocycles. The predicted molar refractivity (Wildman–Crippen MR) is 121 cm³/mol. The van der Waals surface area contributed by atoms with E-state index in [-0.39, 0.29) is 24.9 Å². The summed E-state index contributed by atoms with van der Waals surface area (Å²) in [6, 6.07) is 24.7. The lowest BCUT2D eigenvalue weighted by Crippen LogP contribution is -2.21. The molecule has 3 N–H and O–H groups in total. The second-order valence-electron chi connectivity index (χ2n) is 7.80. The van der Waals surface area contributed by atoms with Gasteiger partial charge in [0.1, 0.15) is 18.2 Å². The van der Waals surface area contributed by atoms with Crippen LogP contribution in [0.1, 0.15) is 35.1 Å². The Kier molecular flexibility index (Phi) is 6.94. The van der Waals surface area contributed by atoms with Crippen LogP contribution in [0.15, 0.2) is 83.3 Å².